The molecule has 4 nitrogen and oxygen atoms in total. The van der Waals surface area contributed by atoms with E-state index < -0.39 is 0 Å². The summed E-state index contributed by atoms with van der Waals surface area (Å²) in [5.74, 6) is 0.867. The molecule has 0 aliphatic rings. The molecule has 0 aliphatic heterocycles. The number of hydrogen-bond donors (Lipinski definition) is 2. The highest BCUT2D eigenvalue weighted by Crippen LogP contribution is 2.33. The summed E-state index contributed by atoms with van der Waals surface area (Å²) in [7, 11) is 3.55. The first-order valence-electron chi connectivity index (χ1n) is 6.07. The quantitative estimate of drug-likeness (QED) is 0.833. The van der Waals surface area contributed by atoms with Crippen molar-refractivity contribution in [2.75, 3.05) is 32.3 Å². The van der Waals surface area contributed by atoms with Crippen molar-refractivity contribution in [3.63, 3.8) is 0 Å². The van der Waals surface area contributed by atoms with Crippen molar-refractivity contribution in [1.82, 2.24) is 0 Å². The van der Waals surface area contributed by atoms with E-state index in [4.69, 9.17) is 4.74 Å². The monoisotopic (exact) mass is 253 g/mol. The molecule has 18 heavy (non-hydrogen) atoms. The Kier molecular flexibility index (Phi) is 4.99. The Morgan fingerprint density at radius 2 is 1.72 bits per heavy atom. The minimum absolute atomic E-state index is 0.0725. The van der Waals surface area contributed by atoms with E-state index in [9.17, 15) is 10.2 Å². The van der Waals surface area contributed by atoms with Crippen LogP contribution in [0.4, 0.5) is 5.69 Å². The molecular weight excluding hydrogens is 230 g/mol. The van der Waals surface area contributed by atoms with Gasteiger partial charge in [0, 0.05) is 12.7 Å². The largest absolute Gasteiger partial charge is 0.496 e. The summed E-state index contributed by atoms with van der Waals surface area (Å²) in [5.41, 5.74) is 4.31. The van der Waals surface area contributed by atoms with Crippen LogP contribution in [0.3, 0.4) is 0 Å². The number of hydrogen-bond acceptors (Lipinski definition) is 4. The zero-order valence-electron chi connectivity index (χ0n) is 11.8. The highest BCUT2D eigenvalue weighted by atomic mass is 16.5. The number of aryl methyl sites for hydroxylation is 1. The number of methoxy groups -OCH3 is 1. The van der Waals surface area contributed by atoms with Crippen LogP contribution < -0.4 is 9.64 Å². The Labute approximate surface area is 109 Å². The average molecular weight is 253 g/mol. The van der Waals surface area contributed by atoms with Gasteiger partial charge in [0.15, 0.2) is 0 Å². The maximum Gasteiger partial charge on any atom is 0.122 e. The van der Waals surface area contributed by atoms with E-state index >= 15 is 0 Å². The van der Waals surface area contributed by atoms with Gasteiger partial charge in [0.2, 0.25) is 0 Å². The molecule has 0 radical (unpaired) electrons. The van der Waals surface area contributed by atoms with Crippen LogP contribution in [0.1, 0.15) is 16.7 Å². The summed E-state index contributed by atoms with van der Waals surface area (Å²) in [5, 5.41) is 18.6. The summed E-state index contributed by atoms with van der Waals surface area (Å²) in [6.45, 7) is 5.90. The molecule has 1 rings (SSSR count). The SMILES string of the molecule is COc1cc(C)c(N(C)C(CO)CO)c(C)c1C. The molecule has 0 unspecified atom stereocenters. The maximum atomic E-state index is 9.28. The number of aliphatic hydroxyl groups is 2. The van der Waals surface area contributed by atoms with Crippen molar-refractivity contribution >= 4 is 5.69 Å². The van der Waals surface area contributed by atoms with E-state index in [1.165, 1.54) is 0 Å². The molecule has 0 fully saturated rings. The second-order valence-electron chi connectivity index (χ2n) is 4.62. The van der Waals surface area contributed by atoms with E-state index in [1.807, 2.05) is 38.8 Å². The van der Waals surface area contributed by atoms with E-state index in [2.05, 4.69) is 0 Å². The lowest BCUT2D eigenvalue weighted by molar-refractivity contribution is 0.190. The number of ether oxygens (including phenoxy) is 1. The standard InChI is InChI=1S/C14H23NO3/c1-9-6-13(18-5)10(2)11(3)14(9)15(4)12(7-16)8-17/h6,12,16-17H,7-8H2,1-5H3. The Morgan fingerprint density at radius 3 is 2.17 bits per heavy atom. The maximum absolute atomic E-state index is 9.28. The number of rotatable bonds is 5. The number of benzene rings is 1. The van der Waals surface area contributed by atoms with Crippen LogP contribution in [0, 0.1) is 20.8 Å². The van der Waals surface area contributed by atoms with Gasteiger partial charge in [0.1, 0.15) is 5.75 Å². The third-order valence-corrected chi connectivity index (χ3v) is 3.55. The molecular formula is C14H23NO3. The van der Waals surface area contributed by atoms with Gasteiger partial charge in [-0.2, -0.15) is 0 Å². The van der Waals surface area contributed by atoms with E-state index in [-0.39, 0.29) is 19.3 Å². The molecule has 0 amide bonds. The number of anilines is 1. The predicted molar refractivity (Wildman–Crippen MR) is 73.6 cm³/mol. The first-order valence-corrected chi connectivity index (χ1v) is 6.07. The second kappa shape index (κ2) is 6.07. The van der Waals surface area contributed by atoms with Gasteiger partial charge in [0.05, 0.1) is 26.4 Å². The van der Waals surface area contributed by atoms with Crippen LogP contribution in [-0.4, -0.2) is 43.6 Å². The molecule has 1 aromatic carbocycles. The Hall–Kier alpha value is -1.26. The fraction of sp³-hybridized carbons (Fsp3) is 0.571. The zero-order valence-corrected chi connectivity index (χ0v) is 11.8. The van der Waals surface area contributed by atoms with Crippen LogP contribution in [0.15, 0.2) is 6.07 Å². The number of nitrogens with zero attached hydrogens (tertiary/aromatic N) is 1. The van der Waals surface area contributed by atoms with E-state index in [0.29, 0.717) is 0 Å². The van der Waals surface area contributed by atoms with Crippen LogP contribution >= 0.6 is 0 Å². The zero-order chi connectivity index (χ0) is 13.9. The van der Waals surface area contributed by atoms with Gasteiger partial charge in [-0.15, -0.1) is 0 Å². The summed E-state index contributed by atoms with van der Waals surface area (Å²) in [6, 6.07) is 1.70. The predicted octanol–water partition coefficient (Wildman–Crippen LogP) is 1.41. The molecule has 0 atom stereocenters. The molecule has 0 spiro atoms. The fourth-order valence-electron chi connectivity index (χ4n) is 2.27. The molecule has 2 N–H and O–H groups in total. The van der Waals surface area contributed by atoms with E-state index in [0.717, 1.165) is 28.1 Å². The van der Waals surface area contributed by atoms with Gasteiger partial charge in [0.25, 0.3) is 0 Å². The van der Waals surface area contributed by atoms with Gasteiger partial charge in [-0.3, -0.25) is 0 Å². The lowest BCUT2D eigenvalue weighted by atomic mass is 10.0. The third-order valence-electron chi connectivity index (χ3n) is 3.55. The minimum Gasteiger partial charge on any atom is -0.496 e. The molecule has 1 aromatic rings. The Bertz CT molecular complexity index is 414. The smallest absolute Gasteiger partial charge is 0.122 e. The van der Waals surface area contributed by atoms with Gasteiger partial charge in [-0.1, -0.05) is 0 Å². The first kappa shape index (κ1) is 14.8. The lowest BCUT2D eigenvalue weighted by Crippen LogP contribution is -2.38. The molecule has 0 bridgehead atoms. The Morgan fingerprint density at radius 1 is 1.17 bits per heavy atom. The van der Waals surface area contributed by atoms with Gasteiger partial charge < -0.3 is 19.8 Å². The highest BCUT2D eigenvalue weighted by molar-refractivity contribution is 5.65. The topological polar surface area (TPSA) is 52.9 Å². The molecule has 0 saturated heterocycles. The molecule has 0 aliphatic carbocycles. The third kappa shape index (κ3) is 2.60. The highest BCUT2D eigenvalue weighted by Gasteiger charge is 2.19. The molecule has 102 valence electrons. The van der Waals surface area contributed by atoms with Crippen LogP contribution in [0.5, 0.6) is 5.75 Å². The minimum atomic E-state index is -0.282. The Balaban J connectivity index is 3.28. The van der Waals surface area contributed by atoms with Crippen LogP contribution in [0.25, 0.3) is 0 Å². The van der Waals surface area contributed by atoms with Crippen molar-refractivity contribution in [2.45, 2.75) is 26.8 Å². The molecule has 0 heterocycles. The van der Waals surface area contributed by atoms with Gasteiger partial charge in [-0.05, 0) is 43.5 Å². The number of likely N-dealkylation sites (N-methyl/N-ethyl adjacent to an activating group) is 1. The van der Waals surface area contributed by atoms with E-state index in [1.54, 1.807) is 7.11 Å². The van der Waals surface area contributed by atoms with Crippen LogP contribution in [-0.2, 0) is 0 Å². The lowest BCUT2D eigenvalue weighted by Gasteiger charge is -2.31. The molecule has 0 aromatic heterocycles. The average Bonchev–Trinajstić information content (AvgIpc) is 2.35. The second-order valence-corrected chi connectivity index (χ2v) is 4.62. The number of aliphatic hydroxyl groups excluding tert-OH is 2. The summed E-state index contributed by atoms with van der Waals surface area (Å²) in [4.78, 5) is 1.93. The summed E-state index contributed by atoms with van der Waals surface area (Å²) >= 11 is 0. The van der Waals surface area contributed by atoms with Crippen molar-refractivity contribution in [3.05, 3.63) is 22.8 Å². The van der Waals surface area contributed by atoms with Crippen molar-refractivity contribution < 1.29 is 14.9 Å². The fourth-order valence-corrected chi connectivity index (χ4v) is 2.27. The van der Waals surface area contributed by atoms with Crippen LogP contribution in [0.2, 0.25) is 0 Å². The first-order chi connectivity index (χ1) is 8.47. The van der Waals surface area contributed by atoms with Crippen molar-refractivity contribution in [1.29, 1.82) is 0 Å². The molecule has 4 heteroatoms. The van der Waals surface area contributed by atoms with Gasteiger partial charge in [-0.25, -0.2) is 0 Å². The summed E-state index contributed by atoms with van der Waals surface area (Å²) < 4.78 is 5.34. The molecule has 0 saturated carbocycles. The van der Waals surface area contributed by atoms with Crippen molar-refractivity contribution in [3.8, 4) is 5.75 Å². The van der Waals surface area contributed by atoms with Crippen molar-refractivity contribution in [2.24, 2.45) is 0 Å². The van der Waals surface area contributed by atoms with Gasteiger partial charge >= 0.3 is 0 Å². The summed E-state index contributed by atoms with van der Waals surface area (Å²) in [6.07, 6.45) is 0. The normalized spacial score (nSPS) is 10.9.